The second-order valence-electron chi connectivity index (χ2n) is 7.29. The molecule has 0 unspecified atom stereocenters. The van der Waals surface area contributed by atoms with E-state index in [2.05, 4.69) is 15.6 Å². The van der Waals surface area contributed by atoms with Gasteiger partial charge in [-0.25, -0.2) is 4.68 Å². The van der Waals surface area contributed by atoms with Gasteiger partial charge in [-0.2, -0.15) is 0 Å². The lowest BCUT2D eigenvalue weighted by Gasteiger charge is -2.30. The molecule has 2 aliphatic rings. The fourth-order valence-corrected chi connectivity index (χ4v) is 3.84. The van der Waals surface area contributed by atoms with E-state index in [4.69, 9.17) is 9.47 Å². The van der Waals surface area contributed by atoms with Crippen molar-refractivity contribution < 1.29 is 14.3 Å². The van der Waals surface area contributed by atoms with E-state index in [1.165, 1.54) is 0 Å². The molecule has 1 N–H and O–H groups in total. The van der Waals surface area contributed by atoms with E-state index in [0.717, 1.165) is 43.1 Å². The molecule has 8 heteroatoms. The number of carbonyl (C=O) groups excluding carboxylic acids is 1. The maximum absolute atomic E-state index is 13.1. The number of rotatable bonds is 5. The van der Waals surface area contributed by atoms with E-state index in [9.17, 15) is 4.79 Å². The first-order chi connectivity index (χ1) is 13.7. The number of fused-ring (bicyclic) bond motifs is 1. The second kappa shape index (κ2) is 8.18. The van der Waals surface area contributed by atoms with Gasteiger partial charge in [0.05, 0.1) is 18.3 Å². The lowest BCUT2D eigenvalue weighted by Crippen LogP contribution is -2.44. The summed E-state index contributed by atoms with van der Waals surface area (Å²) in [5.74, 6) is 1.35. The van der Waals surface area contributed by atoms with Crippen LogP contribution in [0.2, 0.25) is 0 Å². The molecule has 8 nitrogen and oxygen atoms in total. The van der Waals surface area contributed by atoms with Crippen molar-refractivity contribution in [3.05, 3.63) is 35.7 Å². The van der Waals surface area contributed by atoms with Gasteiger partial charge in [-0.3, -0.25) is 4.79 Å². The Morgan fingerprint density at radius 2 is 2.04 bits per heavy atom. The Balaban J connectivity index is 1.45. The summed E-state index contributed by atoms with van der Waals surface area (Å²) >= 11 is 0. The number of amides is 1. The first-order valence-electron chi connectivity index (χ1n) is 9.97. The summed E-state index contributed by atoms with van der Waals surface area (Å²) in [5.41, 5.74) is 1.26. The van der Waals surface area contributed by atoms with Gasteiger partial charge in [0.2, 0.25) is 0 Å². The molecule has 0 aliphatic carbocycles. The van der Waals surface area contributed by atoms with Crippen LogP contribution in [-0.2, 0) is 0 Å². The number of para-hydroxylation sites is 2. The van der Waals surface area contributed by atoms with Crippen molar-refractivity contribution in [1.29, 1.82) is 0 Å². The van der Waals surface area contributed by atoms with Gasteiger partial charge in [0.15, 0.2) is 23.3 Å². The van der Waals surface area contributed by atoms with Gasteiger partial charge in [-0.15, -0.1) is 5.10 Å². The Kier molecular flexibility index (Phi) is 5.47. The third-order valence-electron chi connectivity index (χ3n) is 5.45. The molecular formula is C20H27N5O3. The molecule has 0 bridgehead atoms. The molecule has 1 aromatic heterocycles. The summed E-state index contributed by atoms with van der Waals surface area (Å²) in [6, 6.07) is 7.90. The SMILES string of the molecule is CCN(C[C@@H]1COc2ccccc2O1)C(=O)c1nnn(C2CCNCC2)c1C. The molecule has 28 heavy (non-hydrogen) atoms. The Bertz CT molecular complexity index is 831. The zero-order chi connectivity index (χ0) is 19.5. The van der Waals surface area contributed by atoms with E-state index in [1.807, 2.05) is 42.8 Å². The van der Waals surface area contributed by atoms with Crippen LogP contribution in [0.25, 0.3) is 0 Å². The zero-order valence-corrected chi connectivity index (χ0v) is 16.4. The smallest absolute Gasteiger partial charge is 0.276 e. The third-order valence-corrected chi connectivity index (χ3v) is 5.45. The van der Waals surface area contributed by atoms with Crippen LogP contribution in [0.15, 0.2) is 24.3 Å². The highest BCUT2D eigenvalue weighted by Gasteiger charge is 2.29. The van der Waals surface area contributed by atoms with Gasteiger partial charge in [-0.1, -0.05) is 17.3 Å². The summed E-state index contributed by atoms with van der Waals surface area (Å²) in [5, 5.41) is 11.9. The standard InChI is InChI=1S/C20H27N5O3/c1-3-24(12-16-13-27-17-6-4-5-7-18(17)28-16)20(26)19-14(2)25(23-22-19)15-8-10-21-11-9-15/h4-7,15-16,21H,3,8-13H2,1-2H3/t16-/m1/s1. The minimum atomic E-state index is -0.210. The largest absolute Gasteiger partial charge is 0.486 e. The Morgan fingerprint density at radius 3 is 2.79 bits per heavy atom. The van der Waals surface area contributed by atoms with Crippen LogP contribution in [0.4, 0.5) is 0 Å². The van der Waals surface area contributed by atoms with E-state index in [-0.39, 0.29) is 12.0 Å². The van der Waals surface area contributed by atoms with Gasteiger partial charge in [0.25, 0.3) is 5.91 Å². The summed E-state index contributed by atoms with van der Waals surface area (Å²) in [6.45, 7) is 7.26. The fraction of sp³-hybridized carbons (Fsp3) is 0.550. The molecule has 0 radical (unpaired) electrons. The molecule has 1 saturated heterocycles. The Labute approximate surface area is 164 Å². The number of piperidine rings is 1. The molecule has 1 fully saturated rings. The molecule has 1 aromatic carbocycles. The number of hydrogen-bond donors (Lipinski definition) is 1. The summed E-state index contributed by atoms with van der Waals surface area (Å²) in [4.78, 5) is 14.9. The lowest BCUT2D eigenvalue weighted by atomic mass is 10.1. The van der Waals surface area contributed by atoms with Crippen molar-refractivity contribution in [2.75, 3.05) is 32.8 Å². The van der Waals surface area contributed by atoms with Crippen molar-refractivity contribution in [3.63, 3.8) is 0 Å². The number of aromatic nitrogens is 3. The molecule has 2 aliphatic heterocycles. The third kappa shape index (κ3) is 3.69. The maximum Gasteiger partial charge on any atom is 0.276 e. The number of nitrogens with zero attached hydrogens (tertiary/aromatic N) is 4. The topological polar surface area (TPSA) is 81.5 Å². The first-order valence-corrected chi connectivity index (χ1v) is 9.97. The monoisotopic (exact) mass is 385 g/mol. The second-order valence-corrected chi connectivity index (χ2v) is 7.29. The van der Waals surface area contributed by atoms with Crippen LogP contribution < -0.4 is 14.8 Å². The van der Waals surface area contributed by atoms with Gasteiger partial charge in [0.1, 0.15) is 6.61 Å². The maximum atomic E-state index is 13.1. The molecule has 4 rings (SSSR count). The highest BCUT2D eigenvalue weighted by molar-refractivity contribution is 5.93. The van der Waals surface area contributed by atoms with Gasteiger partial charge >= 0.3 is 0 Å². The lowest BCUT2D eigenvalue weighted by molar-refractivity contribution is 0.0470. The van der Waals surface area contributed by atoms with Crippen LogP contribution >= 0.6 is 0 Å². The Hall–Kier alpha value is -2.61. The average Bonchev–Trinajstić information content (AvgIpc) is 3.13. The van der Waals surface area contributed by atoms with Crippen LogP contribution in [-0.4, -0.2) is 64.7 Å². The minimum Gasteiger partial charge on any atom is -0.486 e. The van der Waals surface area contributed by atoms with Crippen molar-refractivity contribution in [2.24, 2.45) is 0 Å². The van der Waals surface area contributed by atoms with E-state index in [0.29, 0.717) is 31.4 Å². The molecule has 1 amide bonds. The molecule has 3 heterocycles. The van der Waals surface area contributed by atoms with Crippen LogP contribution in [0.3, 0.4) is 0 Å². The highest BCUT2D eigenvalue weighted by atomic mass is 16.6. The zero-order valence-electron chi connectivity index (χ0n) is 16.4. The number of nitrogens with one attached hydrogen (secondary N) is 1. The quantitative estimate of drug-likeness (QED) is 0.845. The first kappa shape index (κ1) is 18.7. The summed E-state index contributed by atoms with van der Waals surface area (Å²) in [6.07, 6.45) is 1.79. The van der Waals surface area contributed by atoms with E-state index in [1.54, 1.807) is 4.90 Å². The summed E-state index contributed by atoms with van der Waals surface area (Å²) < 4.78 is 13.7. The van der Waals surface area contributed by atoms with Gasteiger partial charge in [0, 0.05) is 6.54 Å². The van der Waals surface area contributed by atoms with Crippen molar-refractivity contribution in [3.8, 4) is 11.5 Å². The molecule has 150 valence electrons. The number of benzene rings is 1. The van der Waals surface area contributed by atoms with Crippen molar-refractivity contribution in [2.45, 2.75) is 38.8 Å². The van der Waals surface area contributed by atoms with Crippen molar-refractivity contribution in [1.82, 2.24) is 25.2 Å². The van der Waals surface area contributed by atoms with Crippen LogP contribution in [0.5, 0.6) is 11.5 Å². The van der Waals surface area contributed by atoms with Gasteiger partial charge < -0.3 is 19.7 Å². The number of ether oxygens (including phenoxy) is 2. The van der Waals surface area contributed by atoms with E-state index < -0.39 is 0 Å². The highest BCUT2D eigenvalue weighted by Crippen LogP contribution is 2.31. The van der Waals surface area contributed by atoms with Gasteiger partial charge in [-0.05, 0) is 51.9 Å². The van der Waals surface area contributed by atoms with Crippen LogP contribution in [0, 0.1) is 6.92 Å². The molecular weight excluding hydrogens is 358 g/mol. The average molecular weight is 385 g/mol. The minimum absolute atomic E-state index is 0.109. The van der Waals surface area contributed by atoms with Crippen LogP contribution in [0.1, 0.15) is 42.0 Å². The van der Waals surface area contributed by atoms with E-state index >= 15 is 0 Å². The number of hydrogen-bond acceptors (Lipinski definition) is 6. The fourth-order valence-electron chi connectivity index (χ4n) is 3.84. The normalized spacial score (nSPS) is 19.4. The van der Waals surface area contributed by atoms with Crippen molar-refractivity contribution >= 4 is 5.91 Å². The molecule has 1 atom stereocenters. The molecule has 0 saturated carbocycles. The predicted octanol–water partition coefficient (Wildman–Crippen LogP) is 1.81. The molecule has 0 spiro atoms. The number of carbonyl (C=O) groups is 1. The Morgan fingerprint density at radius 1 is 1.29 bits per heavy atom. The summed E-state index contributed by atoms with van der Waals surface area (Å²) in [7, 11) is 0. The predicted molar refractivity (Wildman–Crippen MR) is 104 cm³/mol. The number of likely N-dealkylation sites (N-methyl/N-ethyl adjacent to an activating group) is 1. The molecule has 2 aromatic rings.